The molecule has 0 spiro atoms. The van der Waals surface area contributed by atoms with Crippen LogP contribution in [0, 0.1) is 12.8 Å². The van der Waals surface area contributed by atoms with Crippen LogP contribution in [0.5, 0.6) is 0 Å². The van der Waals surface area contributed by atoms with Crippen LogP contribution in [-0.4, -0.2) is 12.1 Å². The summed E-state index contributed by atoms with van der Waals surface area (Å²) in [6.07, 6.45) is 2.61. The van der Waals surface area contributed by atoms with Crippen LogP contribution in [0.2, 0.25) is 0 Å². The Balaban J connectivity index is 1.83. The second-order valence-corrected chi connectivity index (χ2v) is 5.98. The first-order valence-corrected chi connectivity index (χ1v) is 6.89. The summed E-state index contributed by atoms with van der Waals surface area (Å²) in [5.74, 6) is 1.51. The number of rotatable bonds is 4. The standard InChI is InChI=1S/C16H25N/c1-11(2)13(4)17-16-9-15(10-16)14-7-5-6-12(3)8-14/h5-8,11,13,15-17H,9-10H2,1-4H3. The van der Waals surface area contributed by atoms with Crippen LogP contribution in [0.4, 0.5) is 0 Å². The van der Waals surface area contributed by atoms with Crippen molar-refractivity contribution in [1.29, 1.82) is 0 Å². The van der Waals surface area contributed by atoms with Crippen molar-refractivity contribution in [3.8, 4) is 0 Å². The zero-order valence-corrected chi connectivity index (χ0v) is 11.5. The molecule has 1 fully saturated rings. The van der Waals surface area contributed by atoms with E-state index in [4.69, 9.17) is 0 Å². The largest absolute Gasteiger partial charge is 0.311 e. The van der Waals surface area contributed by atoms with Gasteiger partial charge in [0.1, 0.15) is 0 Å². The van der Waals surface area contributed by atoms with Gasteiger partial charge in [-0.2, -0.15) is 0 Å². The number of nitrogens with one attached hydrogen (secondary N) is 1. The summed E-state index contributed by atoms with van der Waals surface area (Å²) in [7, 11) is 0. The van der Waals surface area contributed by atoms with E-state index in [1.165, 1.54) is 24.0 Å². The van der Waals surface area contributed by atoms with Gasteiger partial charge >= 0.3 is 0 Å². The predicted octanol–water partition coefficient (Wildman–Crippen LogP) is 3.88. The van der Waals surface area contributed by atoms with Crippen LogP contribution in [0.15, 0.2) is 24.3 Å². The minimum absolute atomic E-state index is 0.637. The van der Waals surface area contributed by atoms with Crippen LogP contribution in [0.1, 0.15) is 50.7 Å². The summed E-state index contributed by atoms with van der Waals surface area (Å²) in [4.78, 5) is 0. The molecule has 1 nitrogen and oxygen atoms in total. The quantitative estimate of drug-likeness (QED) is 0.829. The third kappa shape index (κ3) is 3.10. The van der Waals surface area contributed by atoms with E-state index in [1.54, 1.807) is 0 Å². The molecular formula is C16H25N. The van der Waals surface area contributed by atoms with Gasteiger partial charge in [0.2, 0.25) is 0 Å². The van der Waals surface area contributed by atoms with Crippen LogP contribution in [0.25, 0.3) is 0 Å². The molecule has 2 rings (SSSR count). The summed E-state index contributed by atoms with van der Waals surface area (Å²) < 4.78 is 0. The first-order valence-electron chi connectivity index (χ1n) is 6.89. The maximum Gasteiger partial charge on any atom is 0.00813 e. The molecule has 1 aliphatic carbocycles. The fraction of sp³-hybridized carbons (Fsp3) is 0.625. The molecular weight excluding hydrogens is 206 g/mol. The second-order valence-electron chi connectivity index (χ2n) is 5.98. The smallest absolute Gasteiger partial charge is 0.00813 e. The van der Waals surface area contributed by atoms with Gasteiger partial charge in [-0.1, -0.05) is 43.7 Å². The maximum absolute atomic E-state index is 3.73. The molecule has 1 atom stereocenters. The van der Waals surface area contributed by atoms with Crippen LogP contribution >= 0.6 is 0 Å². The summed E-state index contributed by atoms with van der Waals surface area (Å²) in [6, 6.07) is 10.4. The molecule has 1 saturated carbocycles. The number of hydrogen-bond donors (Lipinski definition) is 1. The lowest BCUT2D eigenvalue weighted by molar-refractivity contribution is 0.248. The lowest BCUT2D eigenvalue weighted by atomic mass is 9.75. The minimum Gasteiger partial charge on any atom is -0.311 e. The van der Waals surface area contributed by atoms with E-state index in [1.807, 2.05) is 0 Å². The molecule has 1 aliphatic rings. The summed E-state index contributed by atoms with van der Waals surface area (Å²) >= 11 is 0. The van der Waals surface area contributed by atoms with Crippen molar-refractivity contribution in [2.24, 2.45) is 5.92 Å². The van der Waals surface area contributed by atoms with E-state index < -0.39 is 0 Å². The van der Waals surface area contributed by atoms with Crippen LogP contribution < -0.4 is 5.32 Å². The van der Waals surface area contributed by atoms with Gasteiger partial charge in [0, 0.05) is 12.1 Å². The molecule has 0 aliphatic heterocycles. The molecule has 94 valence electrons. The van der Waals surface area contributed by atoms with Gasteiger partial charge in [0.05, 0.1) is 0 Å². The molecule has 0 amide bonds. The Morgan fingerprint density at radius 1 is 1.18 bits per heavy atom. The predicted molar refractivity (Wildman–Crippen MR) is 74.4 cm³/mol. The van der Waals surface area contributed by atoms with Gasteiger partial charge in [0.25, 0.3) is 0 Å². The monoisotopic (exact) mass is 231 g/mol. The van der Waals surface area contributed by atoms with Gasteiger partial charge in [-0.25, -0.2) is 0 Å². The van der Waals surface area contributed by atoms with Crippen molar-refractivity contribution in [2.75, 3.05) is 0 Å². The van der Waals surface area contributed by atoms with Gasteiger partial charge < -0.3 is 5.32 Å². The fourth-order valence-corrected chi connectivity index (χ4v) is 2.51. The van der Waals surface area contributed by atoms with Crippen molar-refractivity contribution in [1.82, 2.24) is 5.32 Å². The van der Waals surface area contributed by atoms with Gasteiger partial charge in [-0.05, 0) is 44.1 Å². The summed E-state index contributed by atoms with van der Waals surface area (Å²) in [5, 5.41) is 3.73. The van der Waals surface area contributed by atoms with Crippen molar-refractivity contribution < 1.29 is 0 Å². The average Bonchev–Trinajstić information content (AvgIpc) is 2.22. The van der Waals surface area contributed by atoms with E-state index in [0.717, 1.165) is 17.9 Å². The minimum atomic E-state index is 0.637. The van der Waals surface area contributed by atoms with Crippen LogP contribution in [-0.2, 0) is 0 Å². The number of benzene rings is 1. The van der Waals surface area contributed by atoms with Gasteiger partial charge in [-0.3, -0.25) is 0 Å². The average molecular weight is 231 g/mol. The Hall–Kier alpha value is -0.820. The van der Waals surface area contributed by atoms with E-state index in [9.17, 15) is 0 Å². The topological polar surface area (TPSA) is 12.0 Å². The molecule has 0 aromatic heterocycles. The molecule has 0 radical (unpaired) electrons. The molecule has 1 aromatic carbocycles. The molecule has 17 heavy (non-hydrogen) atoms. The Bertz CT molecular complexity index is 364. The summed E-state index contributed by atoms with van der Waals surface area (Å²) in [5.41, 5.74) is 2.91. The van der Waals surface area contributed by atoms with Gasteiger partial charge in [0.15, 0.2) is 0 Å². The van der Waals surface area contributed by atoms with E-state index in [0.29, 0.717) is 6.04 Å². The van der Waals surface area contributed by atoms with Crippen molar-refractivity contribution in [3.63, 3.8) is 0 Å². The zero-order chi connectivity index (χ0) is 12.4. The van der Waals surface area contributed by atoms with E-state index in [2.05, 4.69) is 57.3 Å². The Morgan fingerprint density at radius 3 is 2.47 bits per heavy atom. The van der Waals surface area contributed by atoms with Crippen molar-refractivity contribution in [3.05, 3.63) is 35.4 Å². The SMILES string of the molecule is Cc1cccc(C2CC(NC(C)C(C)C)C2)c1. The molecule has 0 bridgehead atoms. The fourth-order valence-electron chi connectivity index (χ4n) is 2.51. The third-order valence-electron chi connectivity index (χ3n) is 4.15. The highest BCUT2D eigenvalue weighted by Gasteiger charge is 2.31. The Labute approximate surface area is 106 Å². The van der Waals surface area contributed by atoms with E-state index >= 15 is 0 Å². The normalized spacial score (nSPS) is 25.7. The number of hydrogen-bond acceptors (Lipinski definition) is 1. The number of aryl methyl sites for hydroxylation is 1. The van der Waals surface area contributed by atoms with Crippen molar-refractivity contribution >= 4 is 0 Å². The highest BCUT2D eigenvalue weighted by molar-refractivity contribution is 5.27. The molecule has 1 aromatic rings. The highest BCUT2D eigenvalue weighted by Crippen LogP contribution is 2.37. The molecule has 1 N–H and O–H groups in total. The molecule has 1 heteroatoms. The molecule has 0 heterocycles. The third-order valence-corrected chi connectivity index (χ3v) is 4.15. The second kappa shape index (κ2) is 5.22. The lowest BCUT2D eigenvalue weighted by Gasteiger charge is -2.39. The van der Waals surface area contributed by atoms with Gasteiger partial charge in [-0.15, -0.1) is 0 Å². The first-order chi connectivity index (χ1) is 8.06. The molecule has 0 saturated heterocycles. The first kappa shape index (κ1) is 12.6. The summed E-state index contributed by atoms with van der Waals surface area (Å²) in [6.45, 7) is 9.05. The van der Waals surface area contributed by atoms with Crippen LogP contribution in [0.3, 0.4) is 0 Å². The van der Waals surface area contributed by atoms with Crippen molar-refractivity contribution in [2.45, 2.75) is 58.5 Å². The Kier molecular flexibility index (Phi) is 3.88. The Morgan fingerprint density at radius 2 is 1.88 bits per heavy atom. The molecule has 1 unspecified atom stereocenters. The maximum atomic E-state index is 3.73. The zero-order valence-electron chi connectivity index (χ0n) is 11.5. The van der Waals surface area contributed by atoms with E-state index in [-0.39, 0.29) is 0 Å². The highest BCUT2D eigenvalue weighted by atomic mass is 15.0. The lowest BCUT2D eigenvalue weighted by Crippen LogP contribution is -2.46.